The van der Waals surface area contributed by atoms with E-state index in [1.807, 2.05) is 36.4 Å². The molecule has 2 aromatic rings. The average molecular weight is 242 g/mol. The summed E-state index contributed by atoms with van der Waals surface area (Å²) in [6, 6.07) is 20.5. The topological polar surface area (TPSA) is 0 Å². The van der Waals surface area contributed by atoms with Crippen LogP contribution in [0.1, 0.15) is 11.1 Å². The monoisotopic (exact) mass is 242 g/mol. The second-order valence-electron chi connectivity index (χ2n) is 3.40. The van der Waals surface area contributed by atoms with Crippen molar-refractivity contribution in [3.63, 3.8) is 0 Å². The molecule has 2 aromatic carbocycles. The third kappa shape index (κ3) is 2.85. The first kappa shape index (κ1) is 11.2. The van der Waals surface area contributed by atoms with Gasteiger partial charge in [0.15, 0.2) is 0 Å². The molecule has 0 amide bonds. The average Bonchev–Trinajstić information content (AvgIpc) is 2.38. The van der Waals surface area contributed by atoms with Gasteiger partial charge in [-0.3, -0.25) is 0 Å². The van der Waals surface area contributed by atoms with Gasteiger partial charge in [0.2, 0.25) is 0 Å². The highest BCUT2D eigenvalue weighted by Gasteiger charge is 1.97. The number of rotatable bonds is 3. The molecule has 0 unspecified atom stereocenters. The zero-order chi connectivity index (χ0) is 11.2. The summed E-state index contributed by atoms with van der Waals surface area (Å²) < 4.78 is 0. The van der Waals surface area contributed by atoms with E-state index in [-0.39, 0.29) is 0 Å². The van der Waals surface area contributed by atoms with Crippen molar-refractivity contribution in [2.45, 2.75) is 0 Å². The zero-order valence-corrected chi connectivity index (χ0v) is 10.4. The van der Waals surface area contributed by atoms with E-state index in [2.05, 4.69) is 30.3 Å². The third-order valence-corrected chi connectivity index (χ3v) is 3.44. The maximum atomic E-state index is 5.16. The first-order chi connectivity index (χ1) is 7.90. The fraction of sp³-hybridized carbons (Fsp3) is 0. The van der Waals surface area contributed by atoms with Gasteiger partial charge in [-0.25, -0.2) is 0 Å². The highest BCUT2D eigenvalue weighted by molar-refractivity contribution is 8.00. The van der Waals surface area contributed by atoms with E-state index < -0.39 is 0 Å². The van der Waals surface area contributed by atoms with Gasteiger partial charge in [0, 0.05) is 12.7 Å². The van der Waals surface area contributed by atoms with Crippen LogP contribution < -0.4 is 0 Å². The second-order valence-corrected chi connectivity index (χ2v) is 4.61. The Morgan fingerprint density at radius 1 is 0.875 bits per heavy atom. The van der Waals surface area contributed by atoms with Gasteiger partial charge in [-0.1, -0.05) is 72.5 Å². The Balaban J connectivity index is 2.38. The van der Waals surface area contributed by atoms with E-state index in [0.717, 1.165) is 7.36 Å². The molecule has 0 saturated heterocycles. The summed E-state index contributed by atoms with van der Waals surface area (Å²) in [6.07, 6.45) is 2.14. The van der Waals surface area contributed by atoms with Crippen LogP contribution in [0, 0.1) is 0 Å². The molecule has 16 heavy (non-hydrogen) atoms. The highest BCUT2D eigenvalue weighted by Crippen LogP contribution is 2.27. The lowest BCUT2D eigenvalue weighted by Crippen LogP contribution is -1.76. The minimum absolute atomic E-state index is 0.879. The number of hydrogen-bond acceptors (Lipinski definition) is 1. The fourth-order valence-corrected chi connectivity index (χ4v) is 2.41. The van der Waals surface area contributed by atoms with Crippen molar-refractivity contribution in [2.75, 3.05) is 0 Å². The molecule has 0 N–H and O–H groups in total. The molecule has 0 fully saturated rings. The lowest BCUT2D eigenvalue weighted by molar-refractivity contribution is 1.64. The third-order valence-electron chi connectivity index (χ3n) is 2.27. The van der Waals surface area contributed by atoms with Crippen LogP contribution in [0.5, 0.6) is 0 Å². The smallest absolute Gasteiger partial charge is 0.0206 e. The molecule has 0 nitrogen and oxygen atoms in total. The highest BCUT2D eigenvalue weighted by atomic mass is 32.4. The summed E-state index contributed by atoms with van der Waals surface area (Å²) >= 11 is 5.16. The normalized spacial score (nSPS) is 11.6. The van der Waals surface area contributed by atoms with Crippen LogP contribution in [0.3, 0.4) is 0 Å². The van der Waals surface area contributed by atoms with E-state index in [1.165, 1.54) is 16.4 Å². The maximum absolute atomic E-state index is 5.16. The molecule has 78 valence electrons. The van der Waals surface area contributed by atoms with Crippen LogP contribution in [0.2, 0.25) is 0 Å². The summed E-state index contributed by atoms with van der Waals surface area (Å²) in [7, 11) is 0.879. The number of hydrogen-bond donors (Lipinski definition) is 0. The summed E-state index contributed by atoms with van der Waals surface area (Å²) in [6.45, 7) is 0. The molecule has 2 heteroatoms. The molecule has 0 spiro atoms. The van der Waals surface area contributed by atoms with Crippen LogP contribution in [0.25, 0.3) is 11.4 Å². The molecular formula is C14H11PS. The lowest BCUT2D eigenvalue weighted by Gasteiger charge is -2.00. The van der Waals surface area contributed by atoms with Gasteiger partial charge in [-0.15, -0.1) is 0 Å². The van der Waals surface area contributed by atoms with E-state index in [4.69, 9.17) is 11.8 Å². The van der Waals surface area contributed by atoms with Crippen molar-refractivity contribution in [3.05, 3.63) is 71.8 Å². The molecule has 0 bridgehead atoms. The van der Waals surface area contributed by atoms with E-state index in [1.54, 1.807) is 0 Å². The Bertz CT molecular complexity index is 489. The van der Waals surface area contributed by atoms with E-state index in [9.17, 15) is 0 Å². The van der Waals surface area contributed by atoms with E-state index in [0.29, 0.717) is 0 Å². The van der Waals surface area contributed by atoms with Crippen molar-refractivity contribution < 1.29 is 0 Å². The molecule has 0 atom stereocenters. The zero-order valence-electron chi connectivity index (χ0n) is 8.71. The first-order valence-corrected chi connectivity index (χ1v) is 6.96. The predicted molar refractivity (Wildman–Crippen MR) is 75.0 cm³/mol. The summed E-state index contributed by atoms with van der Waals surface area (Å²) in [5.74, 6) is 0. The Labute approximate surface area is 102 Å². The van der Waals surface area contributed by atoms with Crippen molar-refractivity contribution in [1.29, 1.82) is 0 Å². The Morgan fingerprint density at radius 3 is 2.00 bits per heavy atom. The minimum atomic E-state index is 0.879. The standard InChI is InChI=1S/C14H11PS/c16-15-14(13-9-5-2-6-10-13)11-12-7-3-1-4-8-12/h1-11H. The van der Waals surface area contributed by atoms with Crippen molar-refractivity contribution in [1.82, 2.24) is 0 Å². The minimum Gasteiger partial charge on any atom is -0.0622 e. The Morgan fingerprint density at radius 2 is 1.44 bits per heavy atom. The molecule has 0 aliphatic heterocycles. The molecular weight excluding hydrogens is 231 g/mol. The molecule has 0 radical (unpaired) electrons. The van der Waals surface area contributed by atoms with Crippen molar-refractivity contribution >= 4 is 30.6 Å². The first-order valence-electron chi connectivity index (χ1n) is 5.05. The summed E-state index contributed by atoms with van der Waals surface area (Å²) in [5.41, 5.74) is 2.39. The van der Waals surface area contributed by atoms with Gasteiger partial charge in [0.1, 0.15) is 0 Å². The number of benzene rings is 2. The quantitative estimate of drug-likeness (QED) is 0.560. The van der Waals surface area contributed by atoms with Crippen LogP contribution in [0.4, 0.5) is 0 Å². The molecule has 2 rings (SSSR count). The maximum Gasteiger partial charge on any atom is 0.0206 e. The lowest BCUT2D eigenvalue weighted by atomic mass is 10.1. The molecule has 0 aromatic heterocycles. The van der Waals surface area contributed by atoms with E-state index >= 15 is 0 Å². The van der Waals surface area contributed by atoms with Gasteiger partial charge in [-0.05, 0) is 17.2 Å². The second kappa shape index (κ2) is 5.69. The SMILES string of the molecule is S=PC(=Cc1ccccc1)c1ccccc1. The fourth-order valence-electron chi connectivity index (χ4n) is 1.48. The van der Waals surface area contributed by atoms with Crippen LogP contribution in [-0.4, -0.2) is 0 Å². The largest absolute Gasteiger partial charge is 0.0622 e. The molecule has 0 saturated carbocycles. The Hall–Kier alpha value is -1.30. The summed E-state index contributed by atoms with van der Waals surface area (Å²) in [5, 5.41) is 1.17. The summed E-state index contributed by atoms with van der Waals surface area (Å²) in [4.78, 5) is 0. The van der Waals surface area contributed by atoms with Crippen LogP contribution in [0.15, 0.2) is 60.7 Å². The van der Waals surface area contributed by atoms with Gasteiger partial charge < -0.3 is 0 Å². The molecule has 0 heterocycles. The predicted octanol–water partition coefficient (Wildman–Crippen LogP) is 4.59. The van der Waals surface area contributed by atoms with Crippen LogP contribution >= 0.6 is 7.36 Å². The molecule has 0 aliphatic rings. The van der Waals surface area contributed by atoms with Crippen LogP contribution in [-0.2, 0) is 11.8 Å². The van der Waals surface area contributed by atoms with Crippen molar-refractivity contribution in [2.24, 2.45) is 0 Å². The molecule has 0 aliphatic carbocycles. The van der Waals surface area contributed by atoms with Crippen molar-refractivity contribution in [3.8, 4) is 0 Å². The van der Waals surface area contributed by atoms with Gasteiger partial charge in [-0.2, -0.15) is 0 Å². The van der Waals surface area contributed by atoms with Gasteiger partial charge >= 0.3 is 0 Å². The van der Waals surface area contributed by atoms with Gasteiger partial charge in [0.05, 0.1) is 0 Å². The Kier molecular flexibility index (Phi) is 3.98. The van der Waals surface area contributed by atoms with Gasteiger partial charge in [0.25, 0.3) is 0 Å².